The van der Waals surface area contributed by atoms with Crippen LogP contribution in [0.25, 0.3) is 0 Å². The number of hydrogen-bond donors (Lipinski definition) is 1. The van der Waals surface area contributed by atoms with E-state index in [0.717, 1.165) is 0 Å². The molecule has 1 aromatic rings. The predicted molar refractivity (Wildman–Crippen MR) is 62.6 cm³/mol. The number of rotatable bonds is 2. The van der Waals surface area contributed by atoms with Gasteiger partial charge in [-0.15, -0.1) is 0 Å². The fourth-order valence-corrected chi connectivity index (χ4v) is 2.62. The van der Waals surface area contributed by atoms with Gasteiger partial charge in [0.05, 0.1) is 17.0 Å². The zero-order valence-electron chi connectivity index (χ0n) is 9.08. The van der Waals surface area contributed by atoms with Crippen molar-refractivity contribution in [2.24, 2.45) is 0 Å². The lowest BCUT2D eigenvalue weighted by molar-refractivity contribution is -0.109. The Balaban J connectivity index is 2.54. The highest BCUT2D eigenvalue weighted by Gasteiger charge is 2.59. The molecule has 0 aliphatic heterocycles. The van der Waals surface area contributed by atoms with Crippen LogP contribution in [0.2, 0.25) is 0 Å². The number of hydrogen-bond acceptors (Lipinski definition) is 2. The average Bonchev–Trinajstić information content (AvgIpc) is 2.24. The fraction of sp³-hybridized carbons (Fsp3) is 0.333. The summed E-state index contributed by atoms with van der Waals surface area (Å²) in [6, 6.07) is 6.10. The van der Waals surface area contributed by atoms with E-state index in [4.69, 9.17) is 10.4 Å². The van der Waals surface area contributed by atoms with Crippen LogP contribution in [0.3, 0.4) is 0 Å². The van der Waals surface area contributed by atoms with Crippen LogP contribution in [0, 0.1) is 11.3 Å². The summed E-state index contributed by atoms with van der Waals surface area (Å²) in [6.07, 6.45) is -1.26. The molecule has 3 nitrogen and oxygen atoms in total. The van der Waals surface area contributed by atoms with Crippen LogP contribution in [0.5, 0.6) is 0 Å². The van der Waals surface area contributed by atoms with E-state index in [9.17, 15) is 13.6 Å². The first kappa shape index (κ1) is 13.0. The van der Waals surface area contributed by atoms with E-state index in [1.165, 1.54) is 18.2 Å². The molecule has 1 aliphatic rings. The zero-order chi connectivity index (χ0) is 13.6. The van der Waals surface area contributed by atoms with Crippen molar-refractivity contribution in [2.75, 3.05) is 0 Å². The molecule has 2 rings (SSSR count). The minimum atomic E-state index is -2.90. The van der Waals surface area contributed by atoms with Crippen LogP contribution < -0.4 is 0 Å². The second kappa shape index (κ2) is 4.02. The smallest absolute Gasteiger partial charge is 0.336 e. The summed E-state index contributed by atoms with van der Waals surface area (Å²) in [5, 5.41) is 18.2. The SMILES string of the molecule is N#CC1(c2cc(Br)ccc2C(=O)O)CC(F)(F)C1. The topological polar surface area (TPSA) is 61.1 Å². The Morgan fingerprint density at radius 2 is 2.06 bits per heavy atom. The molecule has 0 heterocycles. The zero-order valence-corrected chi connectivity index (χ0v) is 10.7. The quantitative estimate of drug-likeness (QED) is 0.910. The van der Waals surface area contributed by atoms with Crippen molar-refractivity contribution in [3.63, 3.8) is 0 Å². The summed E-state index contributed by atoms with van der Waals surface area (Å²) in [6.45, 7) is 0. The number of alkyl halides is 2. The Hall–Kier alpha value is -1.48. The first-order chi connectivity index (χ1) is 8.30. The van der Waals surface area contributed by atoms with Gasteiger partial charge in [-0.2, -0.15) is 5.26 Å². The monoisotopic (exact) mass is 315 g/mol. The number of nitrogens with zero attached hydrogens (tertiary/aromatic N) is 1. The van der Waals surface area contributed by atoms with Crippen molar-refractivity contribution >= 4 is 21.9 Å². The Morgan fingerprint density at radius 3 is 2.50 bits per heavy atom. The molecule has 0 radical (unpaired) electrons. The van der Waals surface area contributed by atoms with Gasteiger partial charge in [0.1, 0.15) is 0 Å². The van der Waals surface area contributed by atoms with E-state index < -0.39 is 30.1 Å². The van der Waals surface area contributed by atoms with Crippen molar-refractivity contribution in [1.82, 2.24) is 0 Å². The molecule has 0 aromatic heterocycles. The molecule has 0 unspecified atom stereocenters. The summed E-state index contributed by atoms with van der Waals surface area (Å²) >= 11 is 3.16. The maximum absolute atomic E-state index is 13.0. The molecule has 1 N–H and O–H groups in total. The highest BCUT2D eigenvalue weighted by atomic mass is 79.9. The highest BCUT2D eigenvalue weighted by molar-refractivity contribution is 9.10. The Bertz CT molecular complexity index is 558. The molecule has 1 aromatic carbocycles. The van der Waals surface area contributed by atoms with Crippen LogP contribution in [0.4, 0.5) is 8.78 Å². The Labute approximate surface area is 110 Å². The molecular weight excluding hydrogens is 308 g/mol. The highest BCUT2D eigenvalue weighted by Crippen LogP contribution is 2.54. The third-order valence-corrected chi connectivity index (χ3v) is 3.56. The van der Waals surface area contributed by atoms with Gasteiger partial charge in [-0.25, -0.2) is 13.6 Å². The Kier molecular flexibility index (Phi) is 2.90. The summed E-state index contributed by atoms with van der Waals surface area (Å²) in [5.74, 6) is -4.12. The van der Waals surface area contributed by atoms with Gasteiger partial charge in [0, 0.05) is 17.3 Å². The molecular formula is C12H8BrF2NO2. The number of aromatic carboxylic acids is 1. The number of carboxylic acids is 1. The van der Waals surface area contributed by atoms with Crippen molar-refractivity contribution < 1.29 is 18.7 Å². The molecule has 18 heavy (non-hydrogen) atoms. The van der Waals surface area contributed by atoms with Crippen LogP contribution in [0.1, 0.15) is 28.8 Å². The number of nitriles is 1. The van der Waals surface area contributed by atoms with Crippen molar-refractivity contribution in [3.8, 4) is 6.07 Å². The number of halogens is 3. The van der Waals surface area contributed by atoms with Gasteiger partial charge in [-0.1, -0.05) is 15.9 Å². The lowest BCUT2D eigenvalue weighted by Gasteiger charge is -2.43. The van der Waals surface area contributed by atoms with E-state index in [0.29, 0.717) is 4.47 Å². The molecule has 6 heteroatoms. The molecule has 0 spiro atoms. The van der Waals surface area contributed by atoms with E-state index in [1.54, 1.807) is 0 Å². The molecule has 0 bridgehead atoms. The molecule has 0 atom stereocenters. The Morgan fingerprint density at radius 1 is 1.44 bits per heavy atom. The largest absolute Gasteiger partial charge is 0.478 e. The summed E-state index contributed by atoms with van der Waals surface area (Å²) < 4.78 is 26.6. The average molecular weight is 316 g/mol. The molecule has 1 aliphatic carbocycles. The molecule has 0 amide bonds. The van der Waals surface area contributed by atoms with Crippen molar-refractivity contribution in [2.45, 2.75) is 24.2 Å². The van der Waals surface area contributed by atoms with E-state index in [1.807, 2.05) is 6.07 Å². The second-order valence-corrected chi connectivity index (χ2v) is 5.31. The van der Waals surface area contributed by atoms with Crippen LogP contribution in [0.15, 0.2) is 22.7 Å². The number of benzene rings is 1. The van der Waals surface area contributed by atoms with Gasteiger partial charge < -0.3 is 5.11 Å². The first-order valence-electron chi connectivity index (χ1n) is 5.12. The van der Waals surface area contributed by atoms with Crippen molar-refractivity contribution in [3.05, 3.63) is 33.8 Å². The van der Waals surface area contributed by atoms with Crippen LogP contribution >= 0.6 is 15.9 Å². The maximum Gasteiger partial charge on any atom is 0.336 e. The maximum atomic E-state index is 13.0. The normalized spacial score (nSPS) is 19.7. The van der Waals surface area contributed by atoms with E-state index in [2.05, 4.69) is 15.9 Å². The summed E-state index contributed by atoms with van der Waals surface area (Å²) in [4.78, 5) is 11.1. The summed E-state index contributed by atoms with van der Waals surface area (Å²) in [7, 11) is 0. The minimum Gasteiger partial charge on any atom is -0.478 e. The van der Waals surface area contributed by atoms with Crippen molar-refractivity contribution in [1.29, 1.82) is 5.26 Å². The number of carbonyl (C=O) groups is 1. The van der Waals surface area contributed by atoms with Crippen LogP contribution in [-0.2, 0) is 5.41 Å². The van der Waals surface area contributed by atoms with Gasteiger partial charge in [0.25, 0.3) is 5.92 Å². The minimum absolute atomic E-state index is 0.102. The predicted octanol–water partition coefficient (Wildman–Crippen LogP) is 3.34. The lowest BCUT2D eigenvalue weighted by atomic mass is 9.62. The van der Waals surface area contributed by atoms with E-state index in [-0.39, 0.29) is 11.1 Å². The van der Waals surface area contributed by atoms with Gasteiger partial charge >= 0.3 is 5.97 Å². The van der Waals surface area contributed by atoms with Gasteiger partial charge in [-0.3, -0.25) is 0 Å². The van der Waals surface area contributed by atoms with E-state index >= 15 is 0 Å². The first-order valence-corrected chi connectivity index (χ1v) is 5.91. The second-order valence-electron chi connectivity index (χ2n) is 4.40. The fourth-order valence-electron chi connectivity index (χ4n) is 2.26. The standard InChI is InChI=1S/C12H8BrF2NO2/c13-7-1-2-8(10(17)18)9(3-7)11(6-16)4-12(14,15)5-11/h1-3H,4-5H2,(H,17,18). The van der Waals surface area contributed by atoms with Gasteiger partial charge in [0.15, 0.2) is 0 Å². The number of carboxylic acid groups (broad SMARTS) is 1. The molecule has 0 saturated heterocycles. The van der Waals surface area contributed by atoms with Gasteiger partial charge in [-0.05, 0) is 23.8 Å². The van der Waals surface area contributed by atoms with Crippen LogP contribution in [-0.4, -0.2) is 17.0 Å². The third kappa shape index (κ3) is 1.99. The summed E-state index contributed by atoms with van der Waals surface area (Å²) in [5.41, 5.74) is -1.35. The molecule has 1 fully saturated rings. The van der Waals surface area contributed by atoms with Gasteiger partial charge in [0.2, 0.25) is 0 Å². The third-order valence-electron chi connectivity index (χ3n) is 3.06. The lowest BCUT2D eigenvalue weighted by Crippen LogP contribution is -2.49. The molecule has 1 saturated carbocycles. The molecule has 94 valence electrons.